The monoisotopic (exact) mass is 296 g/mol. The number of thiophene rings is 1. The van der Waals surface area contributed by atoms with E-state index in [9.17, 15) is 9.59 Å². The molecule has 0 spiro atoms. The lowest BCUT2D eigenvalue weighted by Gasteiger charge is -1.97. The summed E-state index contributed by atoms with van der Waals surface area (Å²) in [5.74, 6) is -1.26. The molecular weight excluding hydrogens is 284 g/mol. The van der Waals surface area contributed by atoms with Gasteiger partial charge in [0.1, 0.15) is 4.88 Å². The minimum Gasteiger partial charge on any atom is -0.477 e. The van der Waals surface area contributed by atoms with E-state index in [0.717, 1.165) is 17.8 Å². The van der Waals surface area contributed by atoms with Crippen LogP contribution < -0.4 is 5.32 Å². The van der Waals surface area contributed by atoms with Gasteiger partial charge in [-0.15, -0.1) is 11.3 Å². The molecule has 19 heavy (non-hydrogen) atoms. The number of aromatic carboxylic acids is 1. The molecule has 2 N–H and O–H groups in total. The number of hydrogen-bond donors (Lipinski definition) is 2. The van der Waals surface area contributed by atoms with Crippen molar-refractivity contribution in [1.29, 1.82) is 0 Å². The van der Waals surface area contributed by atoms with Crippen molar-refractivity contribution < 1.29 is 14.7 Å². The number of amides is 1. The van der Waals surface area contributed by atoms with E-state index in [1.165, 1.54) is 11.3 Å². The first-order valence-corrected chi connectivity index (χ1v) is 7.39. The van der Waals surface area contributed by atoms with Crippen molar-refractivity contribution in [3.05, 3.63) is 33.0 Å². The number of thiazole rings is 1. The number of aryl methyl sites for hydroxylation is 1. The smallest absolute Gasteiger partial charge is 0.347 e. The molecule has 0 saturated carbocycles. The molecule has 0 bridgehead atoms. The number of aromatic nitrogens is 1. The molecule has 2 aromatic rings. The molecule has 0 aliphatic carbocycles. The maximum absolute atomic E-state index is 11.8. The van der Waals surface area contributed by atoms with Crippen LogP contribution in [-0.4, -0.2) is 22.0 Å². The Morgan fingerprint density at radius 2 is 2.26 bits per heavy atom. The summed E-state index contributed by atoms with van der Waals surface area (Å²) >= 11 is 2.32. The second kappa shape index (κ2) is 5.94. The molecule has 0 atom stereocenters. The summed E-state index contributed by atoms with van der Waals surface area (Å²) in [6.45, 7) is 1.95. The zero-order valence-corrected chi connectivity index (χ0v) is 11.8. The van der Waals surface area contributed by atoms with Crippen molar-refractivity contribution in [2.45, 2.75) is 19.8 Å². The largest absolute Gasteiger partial charge is 0.477 e. The van der Waals surface area contributed by atoms with Crippen LogP contribution in [0.2, 0.25) is 0 Å². The molecule has 100 valence electrons. The molecule has 0 aromatic carbocycles. The molecule has 7 heteroatoms. The fourth-order valence-electron chi connectivity index (χ4n) is 1.55. The molecular formula is C12H12N2O3S2. The van der Waals surface area contributed by atoms with E-state index in [1.807, 2.05) is 12.3 Å². The van der Waals surface area contributed by atoms with Gasteiger partial charge in [0.15, 0.2) is 5.13 Å². The Balaban J connectivity index is 2.19. The molecule has 0 unspecified atom stereocenters. The van der Waals surface area contributed by atoms with Crippen LogP contribution in [-0.2, 0) is 6.42 Å². The maximum Gasteiger partial charge on any atom is 0.347 e. The summed E-state index contributed by atoms with van der Waals surface area (Å²) in [4.78, 5) is 27.9. The van der Waals surface area contributed by atoms with Crippen LogP contribution in [0.3, 0.4) is 0 Å². The zero-order chi connectivity index (χ0) is 13.8. The van der Waals surface area contributed by atoms with Gasteiger partial charge in [0.25, 0.3) is 5.91 Å². The lowest BCUT2D eigenvalue weighted by Crippen LogP contribution is -2.09. The fourth-order valence-corrected chi connectivity index (χ4v) is 3.01. The predicted molar refractivity (Wildman–Crippen MR) is 75.3 cm³/mol. The van der Waals surface area contributed by atoms with Crippen LogP contribution in [0.4, 0.5) is 5.13 Å². The van der Waals surface area contributed by atoms with E-state index >= 15 is 0 Å². The molecule has 0 fully saturated rings. The predicted octanol–water partition coefficient (Wildman–Crippen LogP) is 3.11. The number of hydrogen-bond acceptors (Lipinski definition) is 5. The van der Waals surface area contributed by atoms with Gasteiger partial charge in [0, 0.05) is 0 Å². The average molecular weight is 296 g/mol. The number of carboxylic acids is 1. The molecule has 5 nitrogen and oxygen atoms in total. The summed E-state index contributed by atoms with van der Waals surface area (Å²) in [6, 6.07) is 3.49. The first kappa shape index (κ1) is 13.7. The minimum absolute atomic E-state index is 0.198. The van der Waals surface area contributed by atoms with Crippen molar-refractivity contribution in [2.75, 3.05) is 5.32 Å². The van der Waals surface area contributed by atoms with E-state index < -0.39 is 5.97 Å². The maximum atomic E-state index is 11.8. The first-order valence-electron chi connectivity index (χ1n) is 5.69. The Morgan fingerprint density at radius 1 is 1.47 bits per heavy atom. The highest BCUT2D eigenvalue weighted by molar-refractivity contribution is 7.18. The number of carboxylic acid groups (broad SMARTS) is 1. The molecule has 2 rings (SSSR count). The Bertz CT molecular complexity index is 590. The quantitative estimate of drug-likeness (QED) is 0.888. The molecule has 2 aromatic heterocycles. The van der Waals surface area contributed by atoms with Crippen LogP contribution in [0.15, 0.2) is 17.5 Å². The van der Waals surface area contributed by atoms with Crippen molar-refractivity contribution in [3.63, 3.8) is 0 Å². The van der Waals surface area contributed by atoms with Gasteiger partial charge in [-0.25, -0.2) is 9.78 Å². The lowest BCUT2D eigenvalue weighted by molar-refractivity contribution is 0.0700. The van der Waals surface area contributed by atoms with Crippen molar-refractivity contribution in [2.24, 2.45) is 0 Å². The number of rotatable bonds is 5. The second-order valence-electron chi connectivity index (χ2n) is 3.78. The topological polar surface area (TPSA) is 79.3 Å². The van der Waals surface area contributed by atoms with E-state index in [1.54, 1.807) is 12.1 Å². The van der Waals surface area contributed by atoms with Gasteiger partial charge >= 0.3 is 5.97 Å². The highest BCUT2D eigenvalue weighted by Crippen LogP contribution is 2.25. The summed E-state index contributed by atoms with van der Waals surface area (Å²) in [6.07, 6.45) is 1.40. The number of carbonyl (C=O) groups is 2. The van der Waals surface area contributed by atoms with E-state index in [2.05, 4.69) is 10.3 Å². The molecule has 2 heterocycles. The van der Waals surface area contributed by atoms with Gasteiger partial charge in [-0.1, -0.05) is 30.7 Å². The SMILES string of the molecule is CCCc1nc(NC(=O)c2cccs2)sc1C(=O)O. The first-order chi connectivity index (χ1) is 9.11. The van der Waals surface area contributed by atoms with Crippen LogP contribution in [0.1, 0.15) is 38.4 Å². The zero-order valence-electron chi connectivity index (χ0n) is 10.2. The molecule has 0 radical (unpaired) electrons. The summed E-state index contributed by atoms with van der Waals surface area (Å²) in [7, 11) is 0. The van der Waals surface area contributed by atoms with Crippen LogP contribution in [0, 0.1) is 0 Å². The normalized spacial score (nSPS) is 10.4. The van der Waals surface area contributed by atoms with Gasteiger partial charge in [0.2, 0.25) is 0 Å². The van der Waals surface area contributed by atoms with E-state index in [-0.39, 0.29) is 10.8 Å². The highest BCUT2D eigenvalue weighted by Gasteiger charge is 2.18. The van der Waals surface area contributed by atoms with E-state index in [4.69, 9.17) is 5.11 Å². The third kappa shape index (κ3) is 3.18. The molecule has 1 amide bonds. The lowest BCUT2D eigenvalue weighted by atomic mass is 10.2. The van der Waals surface area contributed by atoms with Gasteiger partial charge in [-0.3, -0.25) is 10.1 Å². The van der Waals surface area contributed by atoms with Crippen molar-refractivity contribution in [3.8, 4) is 0 Å². The van der Waals surface area contributed by atoms with Crippen LogP contribution >= 0.6 is 22.7 Å². The second-order valence-corrected chi connectivity index (χ2v) is 5.73. The van der Waals surface area contributed by atoms with Gasteiger partial charge in [-0.05, 0) is 17.9 Å². The van der Waals surface area contributed by atoms with Crippen LogP contribution in [0.5, 0.6) is 0 Å². The third-order valence-corrected chi connectivity index (χ3v) is 4.21. The number of anilines is 1. The number of carbonyl (C=O) groups excluding carboxylic acids is 1. The van der Waals surface area contributed by atoms with Crippen molar-refractivity contribution >= 4 is 39.7 Å². The van der Waals surface area contributed by atoms with Gasteiger partial charge in [0.05, 0.1) is 10.6 Å². The highest BCUT2D eigenvalue weighted by atomic mass is 32.1. The Labute approximate surface area is 117 Å². The van der Waals surface area contributed by atoms with Gasteiger partial charge < -0.3 is 5.11 Å². The summed E-state index contributed by atoms with van der Waals surface area (Å²) in [5.41, 5.74) is 0.529. The Morgan fingerprint density at radius 3 is 2.84 bits per heavy atom. The Hall–Kier alpha value is -1.73. The minimum atomic E-state index is -1.00. The van der Waals surface area contributed by atoms with E-state index in [0.29, 0.717) is 22.1 Å². The van der Waals surface area contributed by atoms with Crippen LogP contribution in [0.25, 0.3) is 0 Å². The fraction of sp³-hybridized carbons (Fsp3) is 0.250. The molecule has 0 aliphatic heterocycles. The number of nitrogens with one attached hydrogen (secondary N) is 1. The summed E-state index contributed by atoms with van der Waals surface area (Å²) < 4.78 is 0. The Kier molecular flexibility index (Phi) is 4.28. The van der Waals surface area contributed by atoms with Crippen molar-refractivity contribution in [1.82, 2.24) is 4.98 Å². The summed E-state index contributed by atoms with van der Waals surface area (Å²) in [5, 5.41) is 13.9. The third-order valence-electron chi connectivity index (χ3n) is 2.34. The standard InChI is InChI=1S/C12H12N2O3S2/c1-2-4-7-9(11(16)17)19-12(13-7)14-10(15)8-5-3-6-18-8/h3,5-6H,2,4H2,1H3,(H,16,17)(H,13,14,15). The molecule has 0 saturated heterocycles. The molecule has 0 aliphatic rings. The number of nitrogens with zero attached hydrogens (tertiary/aromatic N) is 1. The average Bonchev–Trinajstić information content (AvgIpc) is 2.98. The van der Waals surface area contributed by atoms with Gasteiger partial charge in [-0.2, -0.15) is 0 Å².